The fraction of sp³-hybridized carbons (Fsp3) is 0.333. The van der Waals surface area contributed by atoms with Crippen molar-refractivity contribution in [2.45, 2.75) is 51.6 Å². The third-order valence-corrected chi connectivity index (χ3v) is 9.08. The van der Waals surface area contributed by atoms with Crippen molar-refractivity contribution in [3.8, 4) is 17.2 Å². The first-order chi connectivity index (χ1) is 22.3. The molecule has 10 heteroatoms. The minimum absolute atomic E-state index is 0.196. The molecule has 46 heavy (non-hydrogen) atoms. The lowest BCUT2D eigenvalue weighted by Crippen LogP contribution is -2.42. The minimum atomic E-state index is -0.380. The van der Waals surface area contributed by atoms with E-state index in [1.807, 2.05) is 37.4 Å². The molecule has 1 aliphatic carbocycles. The number of fused-ring (bicyclic) bond motifs is 1. The summed E-state index contributed by atoms with van der Waals surface area (Å²) < 4.78 is 1.79. The van der Waals surface area contributed by atoms with Gasteiger partial charge in [0.2, 0.25) is 5.91 Å². The zero-order valence-corrected chi connectivity index (χ0v) is 27.3. The molecule has 4 aromatic rings. The van der Waals surface area contributed by atoms with Gasteiger partial charge in [0.15, 0.2) is 0 Å². The molecule has 238 valence electrons. The SMILES string of the molecule is CCN(CC)[C@H]1CC[C@H](NC/C=C/C(=O)Nc2ccc(C(=O)Nc3cccc(-c4c(Cl)ccc5c4cnn5C)c3)cc2C#N)CC1. The van der Waals surface area contributed by atoms with Crippen molar-refractivity contribution in [3.63, 3.8) is 0 Å². The molecule has 0 bridgehead atoms. The fourth-order valence-electron chi connectivity index (χ4n) is 6.30. The molecule has 1 fully saturated rings. The first kappa shape index (κ1) is 32.9. The second kappa shape index (κ2) is 15.2. The Bertz CT molecular complexity index is 1780. The predicted molar refractivity (Wildman–Crippen MR) is 185 cm³/mol. The van der Waals surface area contributed by atoms with Crippen molar-refractivity contribution in [3.05, 3.63) is 89.1 Å². The maximum atomic E-state index is 13.2. The molecule has 5 rings (SSSR count). The Labute approximate surface area is 275 Å². The Morgan fingerprint density at radius 2 is 1.85 bits per heavy atom. The van der Waals surface area contributed by atoms with Crippen LogP contribution < -0.4 is 16.0 Å². The monoisotopic (exact) mass is 637 g/mol. The lowest BCUT2D eigenvalue weighted by Gasteiger charge is -2.36. The second-order valence-electron chi connectivity index (χ2n) is 11.6. The van der Waals surface area contributed by atoms with Gasteiger partial charge in [-0.15, -0.1) is 0 Å². The van der Waals surface area contributed by atoms with Crippen LogP contribution in [-0.4, -0.2) is 58.2 Å². The number of carbonyl (C=O) groups is 2. The van der Waals surface area contributed by atoms with Crippen LogP contribution in [0.15, 0.2) is 72.9 Å². The normalized spacial score (nSPS) is 16.5. The minimum Gasteiger partial charge on any atom is -0.322 e. The topological polar surface area (TPSA) is 115 Å². The van der Waals surface area contributed by atoms with Gasteiger partial charge in [-0.3, -0.25) is 14.3 Å². The van der Waals surface area contributed by atoms with E-state index < -0.39 is 0 Å². The van der Waals surface area contributed by atoms with Gasteiger partial charge in [0.1, 0.15) is 6.07 Å². The predicted octanol–water partition coefficient (Wildman–Crippen LogP) is 6.75. The highest BCUT2D eigenvalue weighted by Crippen LogP contribution is 2.36. The van der Waals surface area contributed by atoms with Crippen LogP contribution in [0.2, 0.25) is 5.02 Å². The number of hydrogen-bond donors (Lipinski definition) is 3. The summed E-state index contributed by atoms with van der Waals surface area (Å²) in [6, 6.07) is 19.0. The lowest BCUT2D eigenvalue weighted by atomic mass is 9.90. The summed E-state index contributed by atoms with van der Waals surface area (Å²) in [5.74, 6) is -0.714. The van der Waals surface area contributed by atoms with Crippen LogP contribution in [0.25, 0.3) is 22.0 Å². The van der Waals surface area contributed by atoms with Crippen LogP contribution in [0.5, 0.6) is 0 Å². The number of aromatic nitrogens is 2. The Morgan fingerprint density at radius 3 is 2.59 bits per heavy atom. The Morgan fingerprint density at radius 1 is 1.07 bits per heavy atom. The number of nitrogens with zero attached hydrogens (tertiary/aromatic N) is 4. The van der Waals surface area contributed by atoms with Crippen LogP contribution in [-0.2, 0) is 11.8 Å². The molecule has 0 spiro atoms. The number of benzene rings is 3. The molecular weight excluding hydrogens is 598 g/mol. The molecule has 0 unspecified atom stereocenters. The molecule has 1 saturated carbocycles. The number of carbonyl (C=O) groups excluding carboxylic acids is 2. The van der Waals surface area contributed by atoms with Crippen LogP contribution in [0.1, 0.15) is 55.5 Å². The summed E-state index contributed by atoms with van der Waals surface area (Å²) in [5, 5.41) is 24.8. The van der Waals surface area contributed by atoms with Crippen molar-refractivity contribution in [1.29, 1.82) is 5.26 Å². The Balaban J connectivity index is 1.17. The van der Waals surface area contributed by atoms with Gasteiger partial charge < -0.3 is 20.9 Å². The van der Waals surface area contributed by atoms with Crippen molar-refractivity contribution in [1.82, 2.24) is 20.0 Å². The van der Waals surface area contributed by atoms with E-state index in [0.29, 0.717) is 40.6 Å². The van der Waals surface area contributed by atoms with E-state index in [-0.39, 0.29) is 17.4 Å². The van der Waals surface area contributed by atoms with Crippen LogP contribution in [0.4, 0.5) is 11.4 Å². The zero-order valence-electron chi connectivity index (χ0n) is 26.5. The first-order valence-electron chi connectivity index (χ1n) is 15.8. The van der Waals surface area contributed by atoms with Gasteiger partial charge in [0, 0.05) is 59.0 Å². The third kappa shape index (κ3) is 7.65. The molecule has 1 aliphatic rings. The van der Waals surface area contributed by atoms with E-state index in [9.17, 15) is 14.9 Å². The molecule has 0 radical (unpaired) electrons. The summed E-state index contributed by atoms with van der Waals surface area (Å²) in [7, 11) is 1.87. The molecule has 0 saturated heterocycles. The van der Waals surface area contributed by atoms with Crippen molar-refractivity contribution in [2.24, 2.45) is 7.05 Å². The molecule has 2 amide bonds. The largest absolute Gasteiger partial charge is 0.322 e. The summed E-state index contributed by atoms with van der Waals surface area (Å²) in [5.41, 5.74) is 4.02. The maximum absolute atomic E-state index is 13.2. The quantitative estimate of drug-likeness (QED) is 0.157. The van der Waals surface area contributed by atoms with E-state index in [1.165, 1.54) is 25.0 Å². The van der Waals surface area contributed by atoms with Gasteiger partial charge in [-0.2, -0.15) is 10.4 Å². The smallest absolute Gasteiger partial charge is 0.255 e. The Hall–Kier alpha value is -4.49. The average molecular weight is 638 g/mol. The fourth-order valence-corrected chi connectivity index (χ4v) is 6.57. The standard InChI is InChI=1S/C36H40ClN7O2/c1-4-44(5-2)29-14-12-27(13-15-29)39-19-7-10-34(45)42-32-17-11-25(20-26(32)22-38)36(46)41-28-9-6-8-24(21-28)35-30-23-40-43(3)33(30)18-16-31(35)37/h6-11,16-18,20-21,23,27,29,39H,4-5,12-15,19H2,1-3H3,(H,41,46)(H,42,45)/b10-7+/t27-,29-. The highest BCUT2D eigenvalue weighted by Gasteiger charge is 2.23. The molecule has 0 aliphatic heterocycles. The highest BCUT2D eigenvalue weighted by atomic mass is 35.5. The van der Waals surface area contributed by atoms with Crippen molar-refractivity contribution < 1.29 is 9.59 Å². The number of rotatable bonds is 11. The maximum Gasteiger partial charge on any atom is 0.255 e. The zero-order chi connectivity index (χ0) is 32.6. The van der Waals surface area contributed by atoms with E-state index in [4.69, 9.17) is 11.6 Å². The van der Waals surface area contributed by atoms with Crippen molar-refractivity contribution in [2.75, 3.05) is 30.3 Å². The molecule has 3 N–H and O–H groups in total. The number of amides is 2. The van der Waals surface area contributed by atoms with Crippen molar-refractivity contribution >= 4 is 45.7 Å². The summed E-state index contributed by atoms with van der Waals surface area (Å²) in [6.45, 7) is 7.23. The molecule has 0 atom stereocenters. The molecular formula is C36H40ClN7O2. The van der Waals surface area contributed by atoms with Gasteiger partial charge in [0.05, 0.1) is 23.0 Å². The molecule has 1 aromatic heterocycles. The molecule has 9 nitrogen and oxygen atoms in total. The van der Waals surface area contributed by atoms with E-state index in [1.54, 1.807) is 35.2 Å². The summed E-state index contributed by atoms with van der Waals surface area (Å²) in [6.07, 6.45) is 9.70. The van der Waals surface area contributed by atoms with Crippen LogP contribution >= 0.6 is 11.6 Å². The number of nitrogens with one attached hydrogen (secondary N) is 3. The molecule has 1 heterocycles. The Kier molecular flexibility index (Phi) is 10.9. The lowest BCUT2D eigenvalue weighted by molar-refractivity contribution is -0.111. The first-order valence-corrected chi connectivity index (χ1v) is 16.2. The third-order valence-electron chi connectivity index (χ3n) is 8.77. The number of halogens is 1. The van der Waals surface area contributed by atoms with E-state index in [2.05, 4.69) is 45.9 Å². The summed E-state index contributed by atoms with van der Waals surface area (Å²) >= 11 is 6.58. The molecule has 3 aromatic carbocycles. The summed E-state index contributed by atoms with van der Waals surface area (Å²) in [4.78, 5) is 28.3. The average Bonchev–Trinajstić information content (AvgIpc) is 3.44. The van der Waals surface area contributed by atoms with Gasteiger partial charge in [-0.1, -0.05) is 43.7 Å². The van der Waals surface area contributed by atoms with Gasteiger partial charge in [-0.25, -0.2) is 0 Å². The second-order valence-corrected chi connectivity index (χ2v) is 12.0. The van der Waals surface area contributed by atoms with Gasteiger partial charge in [-0.05, 0) is 86.8 Å². The van der Waals surface area contributed by atoms with Crippen LogP contribution in [0, 0.1) is 11.3 Å². The number of nitriles is 1. The number of hydrogen-bond acceptors (Lipinski definition) is 6. The highest BCUT2D eigenvalue weighted by molar-refractivity contribution is 6.35. The van der Waals surface area contributed by atoms with E-state index in [0.717, 1.165) is 48.0 Å². The van der Waals surface area contributed by atoms with E-state index >= 15 is 0 Å². The number of anilines is 2. The van der Waals surface area contributed by atoms with Gasteiger partial charge >= 0.3 is 0 Å². The number of aryl methyl sites for hydroxylation is 1. The van der Waals surface area contributed by atoms with Gasteiger partial charge in [0.25, 0.3) is 5.91 Å². The van der Waals surface area contributed by atoms with Crippen LogP contribution in [0.3, 0.4) is 0 Å².